The first-order chi connectivity index (χ1) is 14.8. The van der Waals surface area contributed by atoms with Gasteiger partial charge in [-0.1, -0.05) is 24.3 Å². The highest BCUT2D eigenvalue weighted by Crippen LogP contribution is 2.48. The summed E-state index contributed by atoms with van der Waals surface area (Å²) in [4.78, 5) is 0. The van der Waals surface area contributed by atoms with E-state index in [0.717, 1.165) is 11.8 Å². The summed E-state index contributed by atoms with van der Waals surface area (Å²) in [5, 5.41) is 15.9. The van der Waals surface area contributed by atoms with Crippen molar-refractivity contribution in [3.8, 4) is 17.2 Å². The standard InChI is InChI=1S/C23H19F3N2O3/c1-30-18-9-11-21(31-2)19(13-18)22(29,23(24,25)26)16-8-10-20-15(12-16)14-27-28(20)17-6-4-3-5-7-17/h3-14,29H,1-2H3. The van der Waals surface area contributed by atoms with Crippen molar-refractivity contribution < 1.29 is 27.8 Å². The normalized spacial score (nSPS) is 13.7. The van der Waals surface area contributed by atoms with Gasteiger partial charge in [-0.15, -0.1) is 0 Å². The lowest BCUT2D eigenvalue weighted by molar-refractivity contribution is -0.248. The molecule has 0 aliphatic heterocycles. The predicted molar refractivity (Wildman–Crippen MR) is 110 cm³/mol. The van der Waals surface area contributed by atoms with E-state index in [-0.39, 0.29) is 17.1 Å². The molecule has 31 heavy (non-hydrogen) atoms. The second kappa shape index (κ2) is 7.63. The SMILES string of the molecule is COc1ccc(OC)c(C(O)(c2ccc3c(cnn3-c3ccccc3)c2)C(F)(F)F)c1. The van der Waals surface area contributed by atoms with E-state index in [1.54, 1.807) is 4.68 Å². The van der Waals surface area contributed by atoms with Crippen molar-refractivity contribution >= 4 is 10.9 Å². The van der Waals surface area contributed by atoms with E-state index in [1.165, 1.54) is 50.7 Å². The van der Waals surface area contributed by atoms with Crippen LogP contribution in [0.2, 0.25) is 0 Å². The maximum atomic E-state index is 14.3. The fourth-order valence-corrected chi connectivity index (χ4v) is 3.60. The third-order valence-corrected chi connectivity index (χ3v) is 5.19. The highest BCUT2D eigenvalue weighted by molar-refractivity contribution is 5.81. The number of fused-ring (bicyclic) bond motifs is 1. The van der Waals surface area contributed by atoms with Crippen molar-refractivity contribution in [2.24, 2.45) is 0 Å². The van der Waals surface area contributed by atoms with Gasteiger partial charge in [0.25, 0.3) is 0 Å². The van der Waals surface area contributed by atoms with E-state index in [2.05, 4.69) is 5.10 Å². The second-order valence-electron chi connectivity index (χ2n) is 6.94. The Morgan fingerprint density at radius 3 is 2.29 bits per heavy atom. The zero-order valence-corrected chi connectivity index (χ0v) is 16.7. The Kier molecular flexibility index (Phi) is 5.10. The molecule has 4 rings (SSSR count). The number of aliphatic hydroxyl groups is 1. The molecule has 1 unspecified atom stereocenters. The van der Waals surface area contributed by atoms with Crippen LogP contribution in [0.1, 0.15) is 11.1 Å². The number of para-hydroxylation sites is 1. The molecule has 0 amide bonds. The van der Waals surface area contributed by atoms with Gasteiger partial charge in [-0.2, -0.15) is 18.3 Å². The Labute approximate surface area is 176 Å². The summed E-state index contributed by atoms with van der Waals surface area (Å²) in [5.74, 6) is 0.0529. The van der Waals surface area contributed by atoms with Gasteiger partial charge in [0.2, 0.25) is 5.60 Å². The Morgan fingerprint density at radius 1 is 0.903 bits per heavy atom. The molecule has 4 aromatic rings. The monoisotopic (exact) mass is 428 g/mol. The van der Waals surface area contributed by atoms with E-state index >= 15 is 0 Å². The molecule has 0 saturated carbocycles. The smallest absolute Gasteiger partial charge is 0.425 e. The molecular weight excluding hydrogens is 409 g/mol. The largest absolute Gasteiger partial charge is 0.497 e. The molecule has 1 heterocycles. The molecule has 0 aliphatic rings. The maximum Gasteiger partial charge on any atom is 0.425 e. The molecule has 160 valence electrons. The van der Waals surface area contributed by atoms with Crippen molar-refractivity contribution in [2.45, 2.75) is 11.8 Å². The van der Waals surface area contributed by atoms with Crippen LogP contribution in [0.5, 0.6) is 11.5 Å². The number of hydrogen-bond acceptors (Lipinski definition) is 4. The van der Waals surface area contributed by atoms with Gasteiger partial charge < -0.3 is 14.6 Å². The van der Waals surface area contributed by atoms with Crippen LogP contribution in [-0.2, 0) is 5.60 Å². The van der Waals surface area contributed by atoms with E-state index in [0.29, 0.717) is 10.9 Å². The fourth-order valence-electron chi connectivity index (χ4n) is 3.60. The van der Waals surface area contributed by atoms with Gasteiger partial charge in [0.15, 0.2) is 0 Å². The number of aromatic nitrogens is 2. The van der Waals surface area contributed by atoms with Crippen molar-refractivity contribution in [3.63, 3.8) is 0 Å². The van der Waals surface area contributed by atoms with Gasteiger partial charge in [0.1, 0.15) is 11.5 Å². The number of methoxy groups -OCH3 is 2. The van der Waals surface area contributed by atoms with E-state index in [9.17, 15) is 18.3 Å². The Bertz CT molecular complexity index is 1220. The van der Waals surface area contributed by atoms with Crippen LogP contribution in [0.25, 0.3) is 16.6 Å². The van der Waals surface area contributed by atoms with Crippen molar-refractivity contribution in [3.05, 3.63) is 84.1 Å². The van der Waals surface area contributed by atoms with E-state index in [1.807, 2.05) is 30.3 Å². The number of rotatable bonds is 5. The molecule has 3 aromatic carbocycles. The van der Waals surface area contributed by atoms with Crippen LogP contribution >= 0.6 is 0 Å². The number of ether oxygens (including phenoxy) is 2. The lowest BCUT2D eigenvalue weighted by Gasteiger charge is -2.32. The van der Waals surface area contributed by atoms with Crippen LogP contribution in [0, 0.1) is 0 Å². The first-order valence-electron chi connectivity index (χ1n) is 9.35. The number of nitrogens with zero attached hydrogens (tertiary/aromatic N) is 2. The summed E-state index contributed by atoms with van der Waals surface area (Å²) in [7, 11) is 2.58. The number of benzene rings is 3. The Hall–Kier alpha value is -3.52. The van der Waals surface area contributed by atoms with Crippen molar-refractivity contribution in [1.29, 1.82) is 0 Å². The summed E-state index contributed by atoms with van der Waals surface area (Å²) in [5.41, 5.74) is -2.76. The van der Waals surface area contributed by atoms with Crippen LogP contribution in [0.4, 0.5) is 13.2 Å². The van der Waals surface area contributed by atoms with Crippen LogP contribution in [0.3, 0.4) is 0 Å². The molecule has 0 bridgehead atoms. The molecule has 0 fully saturated rings. The second-order valence-corrected chi connectivity index (χ2v) is 6.94. The van der Waals surface area contributed by atoms with Crippen molar-refractivity contribution in [1.82, 2.24) is 9.78 Å². The van der Waals surface area contributed by atoms with Gasteiger partial charge in [-0.3, -0.25) is 0 Å². The minimum atomic E-state index is -5.03. The summed E-state index contributed by atoms with van der Waals surface area (Å²) in [6, 6.07) is 17.2. The Morgan fingerprint density at radius 2 is 1.65 bits per heavy atom. The predicted octanol–water partition coefficient (Wildman–Crippen LogP) is 4.84. The van der Waals surface area contributed by atoms with Crippen LogP contribution < -0.4 is 9.47 Å². The lowest BCUT2D eigenvalue weighted by atomic mass is 9.84. The minimum absolute atomic E-state index is 0.110. The summed E-state index contributed by atoms with van der Waals surface area (Å²) in [6.45, 7) is 0. The highest BCUT2D eigenvalue weighted by Gasteiger charge is 2.57. The third kappa shape index (κ3) is 3.38. The molecule has 0 saturated heterocycles. The average Bonchev–Trinajstić information content (AvgIpc) is 3.21. The van der Waals surface area contributed by atoms with Crippen LogP contribution in [0.15, 0.2) is 72.9 Å². The average molecular weight is 428 g/mol. The van der Waals surface area contributed by atoms with E-state index in [4.69, 9.17) is 9.47 Å². The van der Waals surface area contributed by atoms with Crippen LogP contribution in [-0.4, -0.2) is 35.3 Å². The van der Waals surface area contributed by atoms with Gasteiger partial charge in [-0.05, 0) is 48.0 Å². The molecular formula is C23H19F3N2O3. The molecule has 0 radical (unpaired) electrons. The molecule has 0 aliphatic carbocycles. The van der Waals surface area contributed by atoms with Gasteiger partial charge in [0.05, 0.1) is 31.6 Å². The summed E-state index contributed by atoms with van der Waals surface area (Å²) >= 11 is 0. The van der Waals surface area contributed by atoms with Gasteiger partial charge in [-0.25, -0.2) is 4.68 Å². The first kappa shape index (κ1) is 20.7. The number of hydrogen-bond donors (Lipinski definition) is 1. The maximum absolute atomic E-state index is 14.3. The minimum Gasteiger partial charge on any atom is -0.497 e. The number of halogens is 3. The lowest BCUT2D eigenvalue weighted by Crippen LogP contribution is -2.43. The molecule has 0 spiro atoms. The topological polar surface area (TPSA) is 56.5 Å². The van der Waals surface area contributed by atoms with Gasteiger partial charge in [0, 0.05) is 10.9 Å². The molecule has 5 nitrogen and oxygen atoms in total. The quantitative estimate of drug-likeness (QED) is 0.494. The highest BCUT2D eigenvalue weighted by atomic mass is 19.4. The summed E-state index contributed by atoms with van der Waals surface area (Å²) < 4.78 is 54.8. The number of alkyl halides is 3. The molecule has 1 aromatic heterocycles. The first-order valence-corrected chi connectivity index (χ1v) is 9.35. The van der Waals surface area contributed by atoms with E-state index < -0.39 is 17.3 Å². The van der Waals surface area contributed by atoms with Gasteiger partial charge >= 0.3 is 6.18 Å². The zero-order valence-electron chi connectivity index (χ0n) is 16.7. The zero-order chi connectivity index (χ0) is 22.2. The Balaban J connectivity index is 1.92. The molecule has 8 heteroatoms. The molecule has 1 atom stereocenters. The fraction of sp³-hybridized carbons (Fsp3) is 0.174. The van der Waals surface area contributed by atoms with Crippen molar-refractivity contribution in [2.75, 3.05) is 14.2 Å². The summed E-state index contributed by atoms with van der Waals surface area (Å²) in [6.07, 6.45) is -3.57. The third-order valence-electron chi connectivity index (χ3n) is 5.19. The molecule has 1 N–H and O–H groups in total.